The fraction of sp³-hybridized carbons (Fsp3) is 0.625. The summed E-state index contributed by atoms with van der Waals surface area (Å²) in [6.45, 7) is 6.20. The van der Waals surface area contributed by atoms with Gasteiger partial charge in [-0.2, -0.15) is 8.42 Å². The smallest absolute Gasteiger partial charge is 0.333 e. The molecule has 1 saturated carbocycles. The Balaban J connectivity index is 1.59. The van der Waals surface area contributed by atoms with Gasteiger partial charge in [-0.25, -0.2) is 9.53 Å². The van der Waals surface area contributed by atoms with Crippen molar-refractivity contribution < 1.29 is 22.2 Å². The molecule has 1 saturated heterocycles. The van der Waals surface area contributed by atoms with Crippen LogP contribution in [0.3, 0.4) is 0 Å². The normalized spacial score (nSPS) is 23.4. The topological polar surface area (TPSA) is 110 Å². The number of nitrogens with two attached hydrogens (primary N) is 1. The van der Waals surface area contributed by atoms with E-state index in [9.17, 15) is 18.0 Å². The number of fused-ring (bicyclic) bond motifs is 1. The van der Waals surface area contributed by atoms with Gasteiger partial charge in [0.05, 0.1) is 11.9 Å². The monoisotopic (exact) mass is 494 g/mol. The first-order valence-corrected chi connectivity index (χ1v) is 13.6. The highest BCUT2D eigenvalue weighted by atomic mass is 32.2. The van der Waals surface area contributed by atoms with Gasteiger partial charge in [-0.1, -0.05) is 19.0 Å². The minimum Gasteiger partial charge on any atom is -0.411 e. The predicted molar refractivity (Wildman–Crippen MR) is 130 cm³/mol. The van der Waals surface area contributed by atoms with E-state index in [1.54, 1.807) is 6.07 Å². The average molecular weight is 495 g/mol. The van der Waals surface area contributed by atoms with E-state index in [0.29, 0.717) is 22.7 Å². The van der Waals surface area contributed by atoms with E-state index < -0.39 is 16.1 Å². The fourth-order valence-electron chi connectivity index (χ4n) is 5.91. The number of benzene rings is 1. The molecule has 2 aromatic rings. The van der Waals surface area contributed by atoms with Crippen LogP contribution in [0.4, 0.5) is 4.39 Å². The molecular weight excluding hydrogens is 459 g/mol. The Morgan fingerprint density at radius 1 is 1.18 bits per heavy atom. The molecule has 1 aliphatic carbocycles. The molecule has 1 aromatic heterocycles. The summed E-state index contributed by atoms with van der Waals surface area (Å²) in [5, 5.41) is 18.0. The lowest BCUT2D eigenvalue weighted by atomic mass is 9.79. The molecule has 0 radical (unpaired) electrons. The first-order chi connectivity index (χ1) is 16.2. The first kappa shape index (κ1) is 25.1. The quantitative estimate of drug-likeness (QED) is 0.341. The van der Waals surface area contributed by atoms with Crippen LogP contribution in [0.5, 0.6) is 0 Å². The molecule has 10 heteroatoms. The van der Waals surface area contributed by atoms with E-state index in [4.69, 9.17) is 9.32 Å². The Hall–Kier alpha value is -2.01. The summed E-state index contributed by atoms with van der Waals surface area (Å²) in [4.78, 5) is 2.59. The summed E-state index contributed by atoms with van der Waals surface area (Å²) in [5.41, 5.74) is 1.68. The zero-order valence-electron chi connectivity index (χ0n) is 19.9. The lowest BCUT2D eigenvalue weighted by Gasteiger charge is -2.42. The van der Waals surface area contributed by atoms with Crippen molar-refractivity contribution >= 4 is 27.4 Å². The summed E-state index contributed by atoms with van der Waals surface area (Å²) in [7, 11) is -4.18. The molecule has 188 valence electrons. The highest BCUT2D eigenvalue weighted by Crippen LogP contribution is 2.37. The summed E-state index contributed by atoms with van der Waals surface area (Å²) >= 11 is 0. The van der Waals surface area contributed by atoms with Crippen molar-refractivity contribution in [3.05, 3.63) is 35.3 Å². The van der Waals surface area contributed by atoms with Gasteiger partial charge in [0, 0.05) is 41.6 Å². The molecule has 8 nitrogen and oxygen atoms in total. The molecule has 0 unspecified atom stereocenters. The second kappa shape index (κ2) is 10.3. The van der Waals surface area contributed by atoms with Gasteiger partial charge in [0.2, 0.25) is 0 Å². The summed E-state index contributed by atoms with van der Waals surface area (Å²) in [6, 6.07) is 5.13. The standard InChI is InChI=1S/C24H35FN4O4S/c1-16(2)17-3-6-19(7-4-17)28-11-9-20(10-12-28)29-23-8-5-18(25)13-21(23)22(14-27-30)24(29)15-33-34(26,31)32/h5,8,13-14,16-17,19-20,30H,3-4,6-7,9-12,15H2,1-2H3,(H2,26,31,32)/b27-14-/t17-,19+. The van der Waals surface area contributed by atoms with Crippen molar-refractivity contribution in [3.8, 4) is 0 Å². The maximum atomic E-state index is 14.1. The molecule has 2 heterocycles. The maximum absolute atomic E-state index is 14.1. The number of hydrogen-bond donors (Lipinski definition) is 2. The lowest BCUT2D eigenvalue weighted by molar-refractivity contribution is 0.0884. The highest BCUT2D eigenvalue weighted by Gasteiger charge is 2.32. The second-order valence-electron chi connectivity index (χ2n) is 9.97. The third-order valence-electron chi connectivity index (χ3n) is 7.72. The van der Waals surface area contributed by atoms with Gasteiger partial charge in [0.15, 0.2) is 0 Å². The van der Waals surface area contributed by atoms with E-state index >= 15 is 0 Å². The SMILES string of the molecule is CC(C)[C@H]1CC[C@@H](N2CCC(n3c(COS(N)(=O)=O)c(/C=N\O)c4cc(F)ccc43)CC2)CC1. The maximum Gasteiger partial charge on any atom is 0.333 e. The second-order valence-corrected chi connectivity index (χ2v) is 11.2. The van der Waals surface area contributed by atoms with Crippen LogP contribution in [0.25, 0.3) is 10.9 Å². The molecule has 1 aromatic carbocycles. The number of oxime groups is 1. The Morgan fingerprint density at radius 3 is 2.44 bits per heavy atom. The minimum absolute atomic E-state index is 0.0798. The van der Waals surface area contributed by atoms with E-state index in [-0.39, 0.29) is 12.6 Å². The molecule has 0 spiro atoms. The molecule has 2 fully saturated rings. The van der Waals surface area contributed by atoms with Crippen molar-refractivity contribution in [1.29, 1.82) is 0 Å². The average Bonchev–Trinajstić information content (AvgIpc) is 3.10. The molecule has 0 amide bonds. The van der Waals surface area contributed by atoms with Crippen LogP contribution in [-0.2, 0) is 21.1 Å². The van der Waals surface area contributed by atoms with Gasteiger partial charge < -0.3 is 14.7 Å². The largest absolute Gasteiger partial charge is 0.411 e. The zero-order valence-corrected chi connectivity index (χ0v) is 20.7. The van der Waals surface area contributed by atoms with Gasteiger partial charge in [-0.05, 0) is 68.6 Å². The van der Waals surface area contributed by atoms with Gasteiger partial charge in [-0.3, -0.25) is 4.18 Å². The molecule has 1 aliphatic heterocycles. The summed E-state index contributed by atoms with van der Waals surface area (Å²) < 4.78 is 44.0. The highest BCUT2D eigenvalue weighted by molar-refractivity contribution is 7.84. The third kappa shape index (κ3) is 5.45. The molecule has 0 atom stereocenters. The Bertz CT molecular complexity index is 1130. The van der Waals surface area contributed by atoms with Crippen molar-refractivity contribution in [2.24, 2.45) is 22.1 Å². The van der Waals surface area contributed by atoms with Gasteiger partial charge in [0.1, 0.15) is 12.4 Å². The number of halogens is 1. The molecular formula is C24H35FN4O4S. The third-order valence-corrected chi connectivity index (χ3v) is 8.17. The molecule has 0 bridgehead atoms. The van der Waals surface area contributed by atoms with Crippen LogP contribution >= 0.6 is 0 Å². The van der Waals surface area contributed by atoms with Crippen LogP contribution in [0.1, 0.15) is 69.7 Å². The fourth-order valence-corrected chi connectivity index (χ4v) is 6.19. The van der Waals surface area contributed by atoms with Crippen LogP contribution in [0, 0.1) is 17.7 Å². The first-order valence-electron chi connectivity index (χ1n) is 12.1. The molecule has 2 aliphatic rings. The van der Waals surface area contributed by atoms with Gasteiger partial charge in [0.25, 0.3) is 0 Å². The van der Waals surface area contributed by atoms with E-state index in [1.807, 2.05) is 4.57 Å². The Kier molecular flexibility index (Phi) is 7.61. The van der Waals surface area contributed by atoms with E-state index in [1.165, 1.54) is 44.0 Å². The zero-order chi connectivity index (χ0) is 24.5. The van der Waals surface area contributed by atoms with Crippen molar-refractivity contribution in [3.63, 3.8) is 0 Å². The van der Waals surface area contributed by atoms with Crippen molar-refractivity contribution in [1.82, 2.24) is 9.47 Å². The number of nitrogens with zero attached hydrogens (tertiary/aromatic N) is 3. The summed E-state index contributed by atoms with van der Waals surface area (Å²) in [5.74, 6) is 1.14. The number of hydrogen-bond acceptors (Lipinski definition) is 6. The predicted octanol–water partition coefficient (Wildman–Crippen LogP) is 4.16. The number of rotatable bonds is 7. The van der Waals surface area contributed by atoms with Crippen LogP contribution in [-0.4, -0.2) is 48.4 Å². The van der Waals surface area contributed by atoms with Gasteiger partial charge in [-0.15, -0.1) is 0 Å². The van der Waals surface area contributed by atoms with Crippen LogP contribution in [0.2, 0.25) is 0 Å². The van der Waals surface area contributed by atoms with E-state index in [2.05, 4.69) is 23.9 Å². The van der Waals surface area contributed by atoms with Crippen molar-refractivity contribution in [2.45, 2.75) is 71.1 Å². The van der Waals surface area contributed by atoms with Crippen LogP contribution in [0.15, 0.2) is 23.4 Å². The lowest BCUT2D eigenvalue weighted by Crippen LogP contribution is -2.44. The Morgan fingerprint density at radius 2 is 1.85 bits per heavy atom. The van der Waals surface area contributed by atoms with Crippen LogP contribution < -0.4 is 5.14 Å². The van der Waals surface area contributed by atoms with Crippen molar-refractivity contribution in [2.75, 3.05) is 13.1 Å². The van der Waals surface area contributed by atoms with Gasteiger partial charge >= 0.3 is 10.3 Å². The minimum atomic E-state index is -4.18. The molecule has 3 N–H and O–H groups in total. The van der Waals surface area contributed by atoms with E-state index in [0.717, 1.165) is 43.3 Å². The number of likely N-dealkylation sites (tertiary alicyclic amines) is 1. The molecule has 34 heavy (non-hydrogen) atoms. The number of aromatic nitrogens is 1. The Labute approximate surface area is 200 Å². The summed E-state index contributed by atoms with van der Waals surface area (Å²) in [6.07, 6.45) is 8.01. The number of piperidine rings is 1. The molecule has 4 rings (SSSR count).